The minimum absolute atomic E-state index is 0.262. The average molecular weight is 546 g/mol. The number of carboxylic acid groups (broad SMARTS) is 1. The molecule has 0 aliphatic heterocycles. The van der Waals surface area contributed by atoms with Crippen molar-refractivity contribution in [1.29, 1.82) is 0 Å². The highest BCUT2D eigenvalue weighted by molar-refractivity contribution is 5.88. The van der Waals surface area contributed by atoms with E-state index in [9.17, 15) is 9.90 Å². The molecular weight excluding hydrogens is 498 g/mol. The van der Waals surface area contributed by atoms with Crippen LogP contribution in [0.2, 0.25) is 0 Å². The third-order valence-corrected chi connectivity index (χ3v) is 7.62. The van der Waals surface area contributed by atoms with E-state index < -0.39 is 5.97 Å². The highest BCUT2D eigenvalue weighted by Gasteiger charge is 2.15. The maximum atomic E-state index is 11.4. The van der Waals surface area contributed by atoms with Crippen LogP contribution in [0.5, 0.6) is 11.5 Å². The van der Waals surface area contributed by atoms with Gasteiger partial charge in [-0.1, -0.05) is 66.2 Å². The van der Waals surface area contributed by atoms with Gasteiger partial charge in [-0.3, -0.25) is 0 Å². The van der Waals surface area contributed by atoms with Crippen molar-refractivity contribution in [2.45, 2.75) is 79.1 Å². The maximum absolute atomic E-state index is 11.4. The zero-order valence-electron chi connectivity index (χ0n) is 24.8. The molecule has 0 radical (unpaired) electrons. The summed E-state index contributed by atoms with van der Waals surface area (Å²) in [7, 11) is 0. The first-order valence-electron chi connectivity index (χ1n) is 15.1. The summed E-state index contributed by atoms with van der Waals surface area (Å²) in [6.07, 6.45) is 9.52. The summed E-state index contributed by atoms with van der Waals surface area (Å²) in [6.45, 7) is 10.4. The van der Waals surface area contributed by atoms with Crippen LogP contribution in [0, 0.1) is 11.8 Å². The van der Waals surface area contributed by atoms with Crippen molar-refractivity contribution in [3.05, 3.63) is 78.4 Å². The molecule has 2 unspecified atom stereocenters. The van der Waals surface area contributed by atoms with Gasteiger partial charge in [-0.15, -0.1) is 0 Å². The fraction of sp³-hybridized carbons (Fsp3) is 0.457. The smallest absolute Gasteiger partial charge is 0.335 e. The molecule has 0 fully saturated rings. The topological polar surface area (TPSA) is 59.0 Å². The molecule has 0 saturated heterocycles. The zero-order chi connectivity index (χ0) is 28.7. The van der Waals surface area contributed by atoms with Crippen LogP contribution < -0.4 is 14.4 Å². The molecule has 216 valence electrons. The van der Waals surface area contributed by atoms with E-state index in [0.717, 1.165) is 54.6 Å². The fourth-order valence-electron chi connectivity index (χ4n) is 4.81. The first-order chi connectivity index (χ1) is 19.5. The summed E-state index contributed by atoms with van der Waals surface area (Å²) >= 11 is 0. The predicted molar refractivity (Wildman–Crippen MR) is 166 cm³/mol. The number of ether oxygens (including phenoxy) is 2. The van der Waals surface area contributed by atoms with Crippen molar-refractivity contribution in [3.63, 3.8) is 0 Å². The number of hydrogen-bond acceptors (Lipinski definition) is 4. The Balaban J connectivity index is 1.79. The lowest BCUT2D eigenvalue weighted by Gasteiger charge is -2.26. The van der Waals surface area contributed by atoms with Crippen LogP contribution in [0.15, 0.2) is 72.8 Å². The normalized spacial score (nSPS) is 12.5. The van der Waals surface area contributed by atoms with E-state index in [2.05, 4.69) is 56.9 Å². The minimum atomic E-state index is -0.935. The van der Waals surface area contributed by atoms with Crippen LogP contribution >= 0.6 is 0 Å². The number of anilines is 3. The van der Waals surface area contributed by atoms with E-state index >= 15 is 0 Å². The molecular formula is C35H47NO4. The van der Waals surface area contributed by atoms with Gasteiger partial charge in [-0.05, 0) is 97.5 Å². The van der Waals surface area contributed by atoms with Gasteiger partial charge in [0.1, 0.15) is 11.5 Å². The van der Waals surface area contributed by atoms with Crippen LogP contribution in [0.4, 0.5) is 17.1 Å². The Kier molecular flexibility index (Phi) is 12.9. The largest absolute Gasteiger partial charge is 0.493 e. The molecule has 5 heteroatoms. The van der Waals surface area contributed by atoms with E-state index in [1.54, 1.807) is 12.1 Å². The molecule has 1 N–H and O–H groups in total. The van der Waals surface area contributed by atoms with Crippen molar-refractivity contribution in [1.82, 2.24) is 0 Å². The summed E-state index contributed by atoms with van der Waals surface area (Å²) in [4.78, 5) is 13.6. The van der Waals surface area contributed by atoms with Crippen molar-refractivity contribution in [3.8, 4) is 11.5 Å². The molecule has 40 heavy (non-hydrogen) atoms. The van der Waals surface area contributed by atoms with Gasteiger partial charge in [-0.25, -0.2) is 4.79 Å². The van der Waals surface area contributed by atoms with Gasteiger partial charge in [0.2, 0.25) is 0 Å². The van der Waals surface area contributed by atoms with Crippen molar-refractivity contribution >= 4 is 23.0 Å². The standard InChI is InChI=1S/C35H47NO4/c1-5-9-11-27(7-3)25-39-33-21-17-31(18-22-33)36(30-15-13-29(14-16-30)35(37)38)32-19-23-34(24-20-32)40-26-28(8-4)12-10-6-2/h13-24,27-28H,5-12,25-26H2,1-4H3,(H,37,38). The second kappa shape index (κ2) is 16.6. The highest BCUT2D eigenvalue weighted by Crippen LogP contribution is 2.36. The molecule has 0 heterocycles. The van der Waals surface area contributed by atoms with Crippen molar-refractivity contribution < 1.29 is 19.4 Å². The van der Waals surface area contributed by atoms with Crippen molar-refractivity contribution in [2.24, 2.45) is 11.8 Å². The Morgan fingerprint density at radius 2 is 1.02 bits per heavy atom. The monoisotopic (exact) mass is 545 g/mol. The lowest BCUT2D eigenvalue weighted by atomic mass is 10.0. The van der Waals surface area contributed by atoms with Gasteiger partial charge in [0.05, 0.1) is 18.8 Å². The summed E-state index contributed by atoms with van der Waals surface area (Å²) in [5.41, 5.74) is 3.07. The van der Waals surface area contributed by atoms with E-state index in [1.165, 1.54) is 38.5 Å². The molecule has 3 aromatic carbocycles. The minimum Gasteiger partial charge on any atom is -0.493 e. The van der Waals surface area contributed by atoms with Gasteiger partial charge in [0.25, 0.3) is 0 Å². The van der Waals surface area contributed by atoms with Gasteiger partial charge >= 0.3 is 5.97 Å². The molecule has 3 rings (SSSR count). The second-order valence-electron chi connectivity index (χ2n) is 10.6. The van der Waals surface area contributed by atoms with Gasteiger partial charge in [0, 0.05) is 17.1 Å². The lowest BCUT2D eigenvalue weighted by Crippen LogP contribution is -2.13. The molecule has 0 aliphatic carbocycles. The quantitative estimate of drug-likeness (QED) is 0.172. The zero-order valence-corrected chi connectivity index (χ0v) is 24.8. The van der Waals surface area contributed by atoms with Crippen molar-refractivity contribution in [2.75, 3.05) is 18.1 Å². The third-order valence-electron chi connectivity index (χ3n) is 7.62. The Labute approximate surface area is 241 Å². The molecule has 0 aliphatic rings. The number of nitrogens with zero attached hydrogens (tertiary/aromatic N) is 1. The fourth-order valence-corrected chi connectivity index (χ4v) is 4.81. The summed E-state index contributed by atoms with van der Waals surface area (Å²) in [6, 6.07) is 23.2. The second-order valence-corrected chi connectivity index (χ2v) is 10.6. The van der Waals surface area contributed by atoms with Gasteiger partial charge < -0.3 is 19.5 Å². The number of unbranched alkanes of at least 4 members (excludes halogenated alkanes) is 2. The van der Waals surface area contributed by atoms with Crippen LogP contribution in [-0.2, 0) is 0 Å². The highest BCUT2D eigenvalue weighted by atomic mass is 16.5. The Morgan fingerprint density at radius 3 is 1.35 bits per heavy atom. The predicted octanol–water partition coefficient (Wildman–Crippen LogP) is 10.0. The Hall–Kier alpha value is -3.47. The van der Waals surface area contributed by atoms with E-state index in [0.29, 0.717) is 11.8 Å². The average Bonchev–Trinajstić information content (AvgIpc) is 2.99. The molecule has 0 amide bonds. The van der Waals surface area contributed by atoms with E-state index in [-0.39, 0.29) is 5.56 Å². The van der Waals surface area contributed by atoms with E-state index in [4.69, 9.17) is 9.47 Å². The lowest BCUT2D eigenvalue weighted by molar-refractivity contribution is 0.0697. The number of aromatic carboxylic acids is 1. The number of carbonyl (C=O) groups is 1. The first kappa shape index (κ1) is 31.1. The van der Waals surface area contributed by atoms with E-state index in [1.807, 2.05) is 36.4 Å². The maximum Gasteiger partial charge on any atom is 0.335 e. The molecule has 5 nitrogen and oxygen atoms in total. The summed E-state index contributed by atoms with van der Waals surface area (Å²) in [5, 5.41) is 9.38. The molecule has 0 spiro atoms. The number of hydrogen-bond donors (Lipinski definition) is 1. The van der Waals surface area contributed by atoms with Crippen LogP contribution in [0.3, 0.4) is 0 Å². The molecule has 3 aromatic rings. The first-order valence-corrected chi connectivity index (χ1v) is 15.1. The summed E-state index contributed by atoms with van der Waals surface area (Å²) < 4.78 is 12.3. The molecule has 0 bridgehead atoms. The third kappa shape index (κ3) is 9.32. The molecule has 0 aromatic heterocycles. The van der Waals surface area contributed by atoms with Crippen LogP contribution in [0.25, 0.3) is 0 Å². The number of rotatable bonds is 18. The van der Waals surface area contributed by atoms with Crippen LogP contribution in [0.1, 0.15) is 89.4 Å². The van der Waals surface area contributed by atoms with Gasteiger partial charge in [-0.2, -0.15) is 0 Å². The number of carboxylic acids is 1. The Bertz CT molecular complexity index is 1060. The number of benzene rings is 3. The summed E-state index contributed by atoms with van der Waals surface area (Å²) in [5.74, 6) is 1.93. The Morgan fingerprint density at radius 1 is 0.650 bits per heavy atom. The molecule has 0 saturated carbocycles. The SMILES string of the molecule is CCCCC(CC)COc1ccc(N(c2ccc(OCC(CC)CCCC)cc2)c2ccc(C(=O)O)cc2)cc1. The van der Waals surface area contributed by atoms with Crippen LogP contribution in [-0.4, -0.2) is 24.3 Å². The molecule has 2 atom stereocenters. The van der Waals surface area contributed by atoms with Gasteiger partial charge in [0.15, 0.2) is 0 Å².